The highest BCUT2D eigenvalue weighted by molar-refractivity contribution is 7.59. The number of carbonyl (C=O) groups is 2. The molecule has 2 aromatic rings. The van der Waals surface area contributed by atoms with Gasteiger partial charge in [-0.15, -0.1) is 0 Å². The molecule has 0 atom stereocenters. The summed E-state index contributed by atoms with van der Waals surface area (Å²) in [6, 6.07) is 4.78. The van der Waals surface area contributed by atoms with Crippen molar-refractivity contribution in [1.29, 1.82) is 0 Å². The molecule has 0 aliphatic carbocycles. The zero-order chi connectivity index (χ0) is 28.5. The second kappa shape index (κ2) is 14.2. The Balaban J connectivity index is 2.24. The molecule has 1 aromatic carbocycles. The largest absolute Gasteiger partial charge is 0.506 e. The maximum absolute atomic E-state index is 15.4. The van der Waals surface area contributed by atoms with Crippen LogP contribution in [0.4, 0.5) is 4.39 Å². The van der Waals surface area contributed by atoms with Crippen LogP contribution in [0.25, 0.3) is 0 Å². The minimum Gasteiger partial charge on any atom is -0.506 e. The van der Waals surface area contributed by atoms with Crippen molar-refractivity contribution in [2.45, 2.75) is 53.9 Å². The maximum Gasteiger partial charge on any atom is 0.320 e. The first-order chi connectivity index (χ1) is 17.9. The number of aromatic nitrogens is 1. The molecule has 10 nitrogen and oxygen atoms in total. The van der Waals surface area contributed by atoms with Crippen LogP contribution in [0.15, 0.2) is 18.2 Å². The molecule has 210 valence electrons. The number of ether oxygens (including phenoxy) is 3. The minimum absolute atomic E-state index is 0.0234. The minimum atomic E-state index is -3.70. The molecule has 2 rings (SSSR count). The fraction of sp³-hybridized carbons (Fsp3) is 0.500. The van der Waals surface area contributed by atoms with Crippen LogP contribution in [0, 0.1) is 19.7 Å². The van der Waals surface area contributed by atoms with Crippen LogP contribution < -0.4 is 14.9 Å². The quantitative estimate of drug-likeness (QED) is 0.232. The van der Waals surface area contributed by atoms with E-state index in [0.29, 0.717) is 28.9 Å². The van der Waals surface area contributed by atoms with Crippen molar-refractivity contribution in [2.24, 2.45) is 0 Å². The van der Waals surface area contributed by atoms with Gasteiger partial charge >= 0.3 is 11.9 Å². The van der Waals surface area contributed by atoms with Gasteiger partial charge in [0.2, 0.25) is 7.44 Å². The third kappa shape index (κ3) is 8.79. The lowest BCUT2D eigenvalue weighted by molar-refractivity contribution is -0.142. The van der Waals surface area contributed by atoms with Crippen molar-refractivity contribution < 1.29 is 37.9 Å². The van der Waals surface area contributed by atoms with Gasteiger partial charge in [0.05, 0.1) is 18.9 Å². The molecule has 1 aromatic heterocycles. The standard InChI is InChI=1S/C26H37FN3O7P/c1-7-35-23(32)13-28-38(34,29-14-24(33)36-8-2)15-37-22-11-17(5)20(18(6)25(22)27)12-19-9-10-21(31)26(30-19)16(3)4/h9-11,16,31H,7-8,12-15H2,1-6H3,(H2,28,29,34). The van der Waals surface area contributed by atoms with E-state index < -0.39 is 44.6 Å². The normalized spacial score (nSPS) is 11.5. The molecule has 0 radical (unpaired) electrons. The van der Waals surface area contributed by atoms with Gasteiger partial charge in [-0.3, -0.25) is 19.1 Å². The number of aromatic hydroxyl groups is 1. The summed E-state index contributed by atoms with van der Waals surface area (Å²) in [4.78, 5) is 28.1. The van der Waals surface area contributed by atoms with Crippen molar-refractivity contribution in [2.75, 3.05) is 32.7 Å². The summed E-state index contributed by atoms with van der Waals surface area (Å²) in [5.74, 6) is -1.90. The van der Waals surface area contributed by atoms with Crippen molar-refractivity contribution in [3.63, 3.8) is 0 Å². The van der Waals surface area contributed by atoms with Gasteiger partial charge in [-0.1, -0.05) is 13.8 Å². The van der Waals surface area contributed by atoms with Crippen LogP contribution in [0.3, 0.4) is 0 Å². The number of pyridine rings is 1. The summed E-state index contributed by atoms with van der Waals surface area (Å²) in [6.07, 6.45) is -0.201. The predicted molar refractivity (Wildman–Crippen MR) is 141 cm³/mol. The molecule has 0 spiro atoms. The molecule has 0 aliphatic rings. The second-order valence-corrected chi connectivity index (χ2v) is 11.3. The first-order valence-electron chi connectivity index (χ1n) is 12.4. The van der Waals surface area contributed by atoms with Crippen molar-refractivity contribution >= 4 is 19.4 Å². The molecule has 0 amide bonds. The fourth-order valence-corrected chi connectivity index (χ4v) is 5.05. The molecule has 38 heavy (non-hydrogen) atoms. The first-order valence-corrected chi connectivity index (χ1v) is 14.3. The molecular formula is C26H37FN3O7P. The van der Waals surface area contributed by atoms with Crippen molar-refractivity contribution in [3.05, 3.63) is 52.1 Å². The number of halogens is 1. The number of hydrogen-bond acceptors (Lipinski definition) is 8. The Labute approximate surface area is 222 Å². The SMILES string of the molecule is CCOC(=O)CNP(=O)(COc1cc(C)c(Cc2ccc(O)c(C(C)C)n2)c(C)c1F)NCC(=O)OCC. The number of benzene rings is 1. The summed E-state index contributed by atoms with van der Waals surface area (Å²) >= 11 is 0. The molecule has 1 heterocycles. The van der Waals surface area contributed by atoms with Gasteiger partial charge in [-0.25, -0.2) is 14.6 Å². The average Bonchev–Trinajstić information content (AvgIpc) is 2.87. The van der Waals surface area contributed by atoms with E-state index in [4.69, 9.17) is 14.2 Å². The molecule has 0 saturated carbocycles. The molecule has 12 heteroatoms. The van der Waals surface area contributed by atoms with Gasteiger partial charge in [-0.2, -0.15) is 0 Å². The maximum atomic E-state index is 15.4. The van der Waals surface area contributed by atoms with E-state index in [-0.39, 0.29) is 30.6 Å². The van der Waals surface area contributed by atoms with E-state index in [1.54, 1.807) is 39.8 Å². The summed E-state index contributed by atoms with van der Waals surface area (Å²) in [5, 5.41) is 15.1. The molecule has 0 fully saturated rings. The fourth-order valence-electron chi connectivity index (χ4n) is 3.67. The van der Waals surface area contributed by atoms with E-state index >= 15 is 4.39 Å². The third-order valence-corrected chi connectivity index (χ3v) is 7.49. The zero-order valence-corrected chi connectivity index (χ0v) is 23.6. The Kier molecular flexibility index (Phi) is 11.7. The number of nitrogens with zero attached hydrogens (tertiary/aromatic N) is 1. The van der Waals surface area contributed by atoms with Gasteiger partial charge < -0.3 is 19.3 Å². The number of rotatable bonds is 14. The highest BCUT2D eigenvalue weighted by Crippen LogP contribution is 2.37. The van der Waals surface area contributed by atoms with Crippen LogP contribution >= 0.6 is 7.44 Å². The van der Waals surface area contributed by atoms with Gasteiger partial charge in [0.25, 0.3) is 0 Å². The lowest BCUT2D eigenvalue weighted by Crippen LogP contribution is -2.34. The summed E-state index contributed by atoms with van der Waals surface area (Å²) in [5.41, 5.74) is 3.04. The van der Waals surface area contributed by atoms with E-state index in [9.17, 15) is 19.3 Å². The molecule has 3 N–H and O–H groups in total. The number of aryl methyl sites for hydroxylation is 1. The summed E-state index contributed by atoms with van der Waals surface area (Å²) in [7, 11) is -3.70. The van der Waals surface area contributed by atoms with Crippen LogP contribution in [0.1, 0.15) is 61.7 Å². The number of hydrogen-bond donors (Lipinski definition) is 3. The third-order valence-electron chi connectivity index (χ3n) is 5.66. The summed E-state index contributed by atoms with van der Waals surface area (Å²) in [6.45, 7) is 10.0. The highest BCUT2D eigenvalue weighted by Gasteiger charge is 2.27. The Morgan fingerprint density at radius 1 is 1.08 bits per heavy atom. The Bertz CT molecular complexity index is 1160. The van der Waals surface area contributed by atoms with Crippen molar-refractivity contribution in [3.8, 4) is 11.5 Å². The lowest BCUT2D eigenvalue weighted by Gasteiger charge is -2.22. The molecule has 0 unspecified atom stereocenters. The van der Waals surface area contributed by atoms with E-state index in [2.05, 4.69) is 15.2 Å². The topological polar surface area (TPSA) is 136 Å². The van der Waals surface area contributed by atoms with E-state index in [0.717, 1.165) is 5.56 Å². The lowest BCUT2D eigenvalue weighted by atomic mass is 9.96. The zero-order valence-electron chi connectivity index (χ0n) is 22.7. The summed E-state index contributed by atoms with van der Waals surface area (Å²) < 4.78 is 44.0. The molecular weight excluding hydrogens is 516 g/mol. The smallest absolute Gasteiger partial charge is 0.320 e. The molecule has 0 saturated heterocycles. The van der Waals surface area contributed by atoms with Crippen LogP contribution in [0.5, 0.6) is 11.5 Å². The molecule has 0 aliphatic heterocycles. The second-order valence-electron chi connectivity index (χ2n) is 8.94. The first kappa shape index (κ1) is 31.2. The number of nitrogens with one attached hydrogen (secondary N) is 2. The number of esters is 2. The monoisotopic (exact) mass is 553 g/mol. The Hall–Kier alpha value is -3.01. The van der Waals surface area contributed by atoms with E-state index in [1.807, 2.05) is 13.8 Å². The van der Waals surface area contributed by atoms with Gasteiger partial charge in [0.15, 0.2) is 17.9 Å². The average molecular weight is 554 g/mol. The Morgan fingerprint density at radius 2 is 1.66 bits per heavy atom. The van der Waals surface area contributed by atoms with Gasteiger partial charge in [-0.05, 0) is 68.5 Å². The van der Waals surface area contributed by atoms with E-state index in [1.165, 1.54) is 6.07 Å². The predicted octanol–water partition coefficient (Wildman–Crippen LogP) is 4.09. The van der Waals surface area contributed by atoms with Crippen LogP contribution in [-0.4, -0.2) is 54.7 Å². The Morgan fingerprint density at radius 3 is 2.18 bits per heavy atom. The van der Waals surface area contributed by atoms with Crippen LogP contribution in [0.2, 0.25) is 0 Å². The molecule has 0 bridgehead atoms. The van der Waals surface area contributed by atoms with Crippen LogP contribution in [-0.2, 0) is 30.0 Å². The number of carbonyl (C=O) groups excluding carboxylic acids is 2. The highest BCUT2D eigenvalue weighted by atomic mass is 31.2. The van der Waals surface area contributed by atoms with Crippen molar-refractivity contribution in [1.82, 2.24) is 15.2 Å². The van der Waals surface area contributed by atoms with Gasteiger partial charge in [0, 0.05) is 12.1 Å². The van der Waals surface area contributed by atoms with Gasteiger partial charge in [0.1, 0.15) is 18.8 Å².